The number of ether oxygens (including phenoxy) is 1. The Hall–Kier alpha value is -3.48. The first kappa shape index (κ1) is 21.7. The van der Waals surface area contributed by atoms with Crippen molar-refractivity contribution in [3.8, 4) is 5.75 Å². The number of amides is 3. The van der Waals surface area contributed by atoms with Gasteiger partial charge in [0.2, 0.25) is 11.8 Å². The van der Waals surface area contributed by atoms with Gasteiger partial charge in [-0.05, 0) is 36.6 Å². The van der Waals surface area contributed by atoms with Gasteiger partial charge in [0.25, 0.3) is 5.91 Å². The van der Waals surface area contributed by atoms with Crippen LogP contribution in [0, 0.1) is 11.8 Å². The molecule has 3 amide bonds. The van der Waals surface area contributed by atoms with Crippen molar-refractivity contribution in [1.29, 1.82) is 0 Å². The van der Waals surface area contributed by atoms with Crippen LogP contribution in [0.2, 0.25) is 0 Å². The summed E-state index contributed by atoms with van der Waals surface area (Å²) in [6.07, 6.45) is 3.34. The maximum absolute atomic E-state index is 12.5. The van der Waals surface area contributed by atoms with Gasteiger partial charge in [-0.15, -0.1) is 0 Å². The Labute approximate surface area is 186 Å². The van der Waals surface area contributed by atoms with E-state index in [-0.39, 0.29) is 48.3 Å². The van der Waals surface area contributed by atoms with Gasteiger partial charge in [0.1, 0.15) is 5.75 Å². The van der Waals surface area contributed by atoms with E-state index in [2.05, 4.69) is 5.32 Å². The largest absolute Gasteiger partial charge is 0.426 e. The van der Waals surface area contributed by atoms with Crippen molar-refractivity contribution in [2.45, 2.75) is 38.6 Å². The zero-order valence-corrected chi connectivity index (χ0v) is 17.8. The third-order valence-corrected chi connectivity index (χ3v) is 6.10. The van der Waals surface area contributed by atoms with E-state index in [9.17, 15) is 19.2 Å². The van der Waals surface area contributed by atoms with E-state index in [1.54, 1.807) is 18.2 Å². The zero-order valence-electron chi connectivity index (χ0n) is 17.8. The standard InChI is InChI=1S/C25H26N2O5/c28-22(13-14-27-24(30)20-11-4-5-12-21(20)25(27)31)32-19-10-6-9-18(15-19)23(29)26-16-17-7-2-1-3-8-17/h1-3,6-10,15,20-21H,4-5,11-14,16H2,(H,26,29). The molecule has 1 aliphatic heterocycles. The molecule has 2 fully saturated rings. The molecule has 1 saturated heterocycles. The molecule has 7 nitrogen and oxygen atoms in total. The van der Waals surface area contributed by atoms with Crippen LogP contribution in [-0.2, 0) is 20.9 Å². The van der Waals surface area contributed by atoms with E-state index in [1.807, 2.05) is 30.3 Å². The first-order valence-electron chi connectivity index (χ1n) is 11.0. The van der Waals surface area contributed by atoms with Crippen LogP contribution in [0.25, 0.3) is 0 Å². The number of esters is 1. The Morgan fingerprint density at radius 3 is 2.31 bits per heavy atom. The van der Waals surface area contributed by atoms with Gasteiger partial charge in [0.15, 0.2) is 0 Å². The molecular weight excluding hydrogens is 408 g/mol. The lowest BCUT2D eigenvalue weighted by molar-refractivity contribution is -0.141. The number of carbonyl (C=O) groups excluding carboxylic acids is 4. The number of fused-ring (bicyclic) bond motifs is 1. The first-order valence-corrected chi connectivity index (χ1v) is 11.0. The molecule has 0 aromatic heterocycles. The van der Waals surface area contributed by atoms with E-state index in [4.69, 9.17) is 4.74 Å². The maximum atomic E-state index is 12.5. The van der Waals surface area contributed by atoms with Crippen molar-refractivity contribution in [2.24, 2.45) is 11.8 Å². The minimum absolute atomic E-state index is 0.0285. The molecule has 2 atom stereocenters. The number of hydrogen-bond donors (Lipinski definition) is 1. The third-order valence-electron chi connectivity index (χ3n) is 6.10. The van der Waals surface area contributed by atoms with Crippen molar-refractivity contribution in [3.63, 3.8) is 0 Å². The predicted molar refractivity (Wildman–Crippen MR) is 116 cm³/mol. The lowest BCUT2D eigenvalue weighted by Gasteiger charge is -2.19. The highest BCUT2D eigenvalue weighted by Crippen LogP contribution is 2.38. The number of nitrogens with zero attached hydrogens (tertiary/aromatic N) is 1. The average molecular weight is 434 g/mol. The number of rotatable bonds is 7. The Morgan fingerprint density at radius 2 is 1.62 bits per heavy atom. The van der Waals surface area contributed by atoms with Gasteiger partial charge >= 0.3 is 5.97 Å². The van der Waals surface area contributed by atoms with Crippen LogP contribution in [0.15, 0.2) is 54.6 Å². The molecule has 0 bridgehead atoms. The number of benzene rings is 2. The summed E-state index contributed by atoms with van der Waals surface area (Å²) in [5.41, 5.74) is 1.36. The third kappa shape index (κ3) is 4.88. The van der Waals surface area contributed by atoms with Crippen LogP contribution in [0.5, 0.6) is 5.75 Å². The van der Waals surface area contributed by atoms with Gasteiger partial charge in [-0.2, -0.15) is 0 Å². The van der Waals surface area contributed by atoms with Crippen LogP contribution in [0.1, 0.15) is 48.0 Å². The summed E-state index contributed by atoms with van der Waals surface area (Å²) >= 11 is 0. The van der Waals surface area contributed by atoms with Gasteiger partial charge in [-0.25, -0.2) is 0 Å². The molecule has 2 aliphatic rings. The second-order valence-electron chi connectivity index (χ2n) is 8.25. The number of nitrogens with one attached hydrogen (secondary N) is 1. The Kier molecular flexibility index (Phi) is 6.63. The Balaban J connectivity index is 1.29. The topological polar surface area (TPSA) is 92.8 Å². The molecule has 32 heavy (non-hydrogen) atoms. The van der Waals surface area contributed by atoms with Gasteiger partial charge in [0.05, 0.1) is 18.3 Å². The molecule has 2 aromatic rings. The highest BCUT2D eigenvalue weighted by molar-refractivity contribution is 6.05. The average Bonchev–Trinajstić information content (AvgIpc) is 3.06. The normalized spacial score (nSPS) is 20.1. The predicted octanol–water partition coefficient (Wildman–Crippen LogP) is 3.09. The van der Waals surface area contributed by atoms with Crippen molar-refractivity contribution in [1.82, 2.24) is 10.2 Å². The minimum Gasteiger partial charge on any atom is -0.426 e. The lowest BCUT2D eigenvalue weighted by Crippen LogP contribution is -2.33. The van der Waals surface area contributed by atoms with E-state index >= 15 is 0 Å². The maximum Gasteiger partial charge on any atom is 0.312 e. The monoisotopic (exact) mass is 434 g/mol. The van der Waals surface area contributed by atoms with Gasteiger partial charge in [-0.1, -0.05) is 49.2 Å². The van der Waals surface area contributed by atoms with Crippen LogP contribution in [0.4, 0.5) is 0 Å². The van der Waals surface area contributed by atoms with E-state index in [1.165, 1.54) is 11.0 Å². The first-order chi connectivity index (χ1) is 15.5. The summed E-state index contributed by atoms with van der Waals surface area (Å²) in [5, 5.41) is 2.83. The molecule has 0 spiro atoms. The summed E-state index contributed by atoms with van der Waals surface area (Å²) in [5.74, 6) is -1.36. The molecule has 4 rings (SSSR count). The fourth-order valence-corrected chi connectivity index (χ4v) is 4.42. The van der Waals surface area contributed by atoms with Crippen molar-refractivity contribution < 1.29 is 23.9 Å². The fourth-order valence-electron chi connectivity index (χ4n) is 4.42. The van der Waals surface area contributed by atoms with Crippen LogP contribution in [0.3, 0.4) is 0 Å². The van der Waals surface area contributed by atoms with E-state index < -0.39 is 5.97 Å². The summed E-state index contributed by atoms with van der Waals surface area (Å²) in [6, 6.07) is 15.9. The van der Waals surface area contributed by atoms with E-state index in [0.717, 1.165) is 31.2 Å². The highest BCUT2D eigenvalue weighted by Gasteiger charge is 2.47. The SMILES string of the molecule is O=C(CCN1C(=O)C2CCCCC2C1=O)Oc1cccc(C(=O)NCc2ccccc2)c1. The number of imide groups is 1. The second kappa shape index (κ2) is 9.77. The quantitative estimate of drug-likeness (QED) is 0.411. The van der Waals surface area contributed by atoms with Crippen molar-refractivity contribution >= 4 is 23.7 Å². The number of carbonyl (C=O) groups is 4. The molecule has 2 aromatic carbocycles. The zero-order chi connectivity index (χ0) is 22.5. The Bertz CT molecular complexity index is 996. The van der Waals surface area contributed by atoms with Crippen LogP contribution < -0.4 is 10.1 Å². The molecule has 2 unspecified atom stereocenters. The molecule has 1 N–H and O–H groups in total. The molecule has 1 aliphatic carbocycles. The Morgan fingerprint density at radius 1 is 0.938 bits per heavy atom. The van der Waals surface area contributed by atoms with Gasteiger partial charge < -0.3 is 10.1 Å². The molecule has 166 valence electrons. The smallest absolute Gasteiger partial charge is 0.312 e. The summed E-state index contributed by atoms with van der Waals surface area (Å²) in [6.45, 7) is 0.421. The molecule has 1 saturated carbocycles. The van der Waals surface area contributed by atoms with Crippen LogP contribution >= 0.6 is 0 Å². The fraction of sp³-hybridized carbons (Fsp3) is 0.360. The molecule has 7 heteroatoms. The highest BCUT2D eigenvalue weighted by atomic mass is 16.5. The lowest BCUT2D eigenvalue weighted by atomic mass is 9.81. The van der Waals surface area contributed by atoms with Gasteiger partial charge in [0, 0.05) is 18.7 Å². The van der Waals surface area contributed by atoms with Gasteiger partial charge in [-0.3, -0.25) is 24.1 Å². The summed E-state index contributed by atoms with van der Waals surface area (Å²) in [4.78, 5) is 51.0. The van der Waals surface area contributed by atoms with E-state index in [0.29, 0.717) is 12.1 Å². The van der Waals surface area contributed by atoms with Crippen molar-refractivity contribution in [3.05, 3.63) is 65.7 Å². The second-order valence-corrected chi connectivity index (χ2v) is 8.25. The summed E-state index contributed by atoms with van der Waals surface area (Å²) < 4.78 is 5.35. The molecular formula is C25H26N2O5. The van der Waals surface area contributed by atoms with Crippen molar-refractivity contribution in [2.75, 3.05) is 6.54 Å². The number of likely N-dealkylation sites (tertiary alicyclic amines) is 1. The minimum atomic E-state index is -0.553. The van der Waals surface area contributed by atoms with Crippen LogP contribution in [-0.4, -0.2) is 35.1 Å². The molecule has 1 heterocycles. The molecule has 0 radical (unpaired) electrons. The number of hydrogen-bond acceptors (Lipinski definition) is 5. The summed E-state index contributed by atoms with van der Waals surface area (Å²) in [7, 11) is 0.